The molecular weight excluding hydrogens is 180 g/mol. The van der Waals surface area contributed by atoms with Crippen molar-refractivity contribution in [3.63, 3.8) is 0 Å². The lowest BCUT2D eigenvalue weighted by atomic mass is 9.78. The van der Waals surface area contributed by atoms with Crippen molar-refractivity contribution in [2.45, 2.75) is 47.0 Å². The summed E-state index contributed by atoms with van der Waals surface area (Å²) in [4.78, 5) is 0. The summed E-state index contributed by atoms with van der Waals surface area (Å²) >= 11 is 0. The highest BCUT2D eigenvalue weighted by molar-refractivity contribution is 5.29. The van der Waals surface area contributed by atoms with Gasteiger partial charge in [-0.15, -0.1) is 0 Å². The maximum Gasteiger partial charge on any atom is -0.0245 e. The summed E-state index contributed by atoms with van der Waals surface area (Å²) in [5.74, 6) is 1.75. The predicted molar refractivity (Wildman–Crippen MR) is 68.1 cm³/mol. The van der Waals surface area contributed by atoms with Crippen LogP contribution in [0.5, 0.6) is 0 Å². The lowest BCUT2D eigenvalue weighted by Crippen LogP contribution is -2.18. The van der Waals surface area contributed by atoms with E-state index in [4.69, 9.17) is 0 Å². The molecule has 84 valence electrons. The first-order valence-corrected chi connectivity index (χ1v) is 6.34. The molecule has 0 aliphatic heterocycles. The highest BCUT2D eigenvalue weighted by atomic mass is 14.2. The second-order valence-corrected chi connectivity index (χ2v) is 4.52. The zero-order chi connectivity index (χ0) is 11.3. The third kappa shape index (κ3) is 3.09. The minimum absolute atomic E-state index is 0.841. The molecule has 1 aliphatic rings. The molecular formula is C15H24. The molecule has 0 spiro atoms. The van der Waals surface area contributed by atoms with Gasteiger partial charge < -0.3 is 0 Å². The molecule has 0 bridgehead atoms. The molecule has 1 atom stereocenters. The zero-order valence-electron chi connectivity index (χ0n) is 10.6. The second kappa shape index (κ2) is 5.95. The fraction of sp³-hybridized carbons (Fsp3) is 0.600. The van der Waals surface area contributed by atoms with E-state index >= 15 is 0 Å². The fourth-order valence-electron chi connectivity index (χ4n) is 2.29. The Morgan fingerprint density at radius 3 is 2.27 bits per heavy atom. The molecule has 1 aliphatic carbocycles. The summed E-state index contributed by atoms with van der Waals surface area (Å²) in [6, 6.07) is 8.91. The van der Waals surface area contributed by atoms with Crippen LogP contribution in [0, 0.1) is 11.8 Å². The molecule has 0 N–H and O–H groups in total. The quantitative estimate of drug-likeness (QED) is 0.633. The van der Waals surface area contributed by atoms with Crippen LogP contribution in [0.3, 0.4) is 0 Å². The number of rotatable bonds is 1. The van der Waals surface area contributed by atoms with E-state index in [0.29, 0.717) is 0 Å². The number of hydrogen-bond donors (Lipinski definition) is 0. The summed E-state index contributed by atoms with van der Waals surface area (Å²) in [6.07, 6.45) is 3.97. The van der Waals surface area contributed by atoms with Gasteiger partial charge in [0, 0.05) is 0 Å². The molecule has 1 unspecified atom stereocenters. The van der Waals surface area contributed by atoms with Crippen molar-refractivity contribution < 1.29 is 0 Å². The van der Waals surface area contributed by atoms with Gasteiger partial charge in [-0.25, -0.2) is 0 Å². The molecule has 0 nitrogen and oxygen atoms in total. The van der Waals surface area contributed by atoms with E-state index < -0.39 is 0 Å². The molecule has 1 aromatic carbocycles. The van der Waals surface area contributed by atoms with Crippen LogP contribution in [-0.2, 0) is 12.8 Å². The van der Waals surface area contributed by atoms with Gasteiger partial charge in [-0.05, 0) is 42.2 Å². The Balaban J connectivity index is 0.000000531. The van der Waals surface area contributed by atoms with Crippen molar-refractivity contribution in [2.24, 2.45) is 11.8 Å². The molecule has 0 saturated heterocycles. The van der Waals surface area contributed by atoms with Gasteiger partial charge in [0.2, 0.25) is 0 Å². The van der Waals surface area contributed by atoms with Crippen LogP contribution >= 0.6 is 0 Å². The standard InChI is InChI=1S/C13H18.C2H6/c1-10(2)12-8-7-11-5-3-4-6-13(11)9-12;1-2/h3-6,10,12H,7-9H2,1-2H3;1-2H3. The average molecular weight is 204 g/mol. The first-order chi connectivity index (χ1) is 7.27. The molecule has 1 aromatic rings. The third-order valence-corrected chi connectivity index (χ3v) is 3.33. The lowest BCUT2D eigenvalue weighted by Gasteiger charge is -2.27. The Labute approximate surface area is 94.7 Å². The van der Waals surface area contributed by atoms with Gasteiger partial charge in [0.25, 0.3) is 0 Å². The summed E-state index contributed by atoms with van der Waals surface area (Å²) in [5.41, 5.74) is 3.17. The monoisotopic (exact) mass is 204 g/mol. The summed E-state index contributed by atoms with van der Waals surface area (Å²) in [7, 11) is 0. The van der Waals surface area contributed by atoms with Gasteiger partial charge in [-0.1, -0.05) is 52.0 Å². The van der Waals surface area contributed by atoms with E-state index in [2.05, 4.69) is 38.1 Å². The predicted octanol–water partition coefficient (Wildman–Crippen LogP) is 4.47. The Morgan fingerprint density at radius 2 is 1.67 bits per heavy atom. The van der Waals surface area contributed by atoms with E-state index in [1.54, 1.807) is 11.1 Å². The van der Waals surface area contributed by atoms with Crippen molar-refractivity contribution in [3.05, 3.63) is 35.4 Å². The van der Waals surface area contributed by atoms with Gasteiger partial charge in [0.1, 0.15) is 0 Å². The Bertz CT molecular complexity index is 286. The topological polar surface area (TPSA) is 0 Å². The summed E-state index contributed by atoms with van der Waals surface area (Å²) in [5, 5.41) is 0. The van der Waals surface area contributed by atoms with Crippen LogP contribution in [0.2, 0.25) is 0 Å². The van der Waals surface area contributed by atoms with Gasteiger partial charge in [0.05, 0.1) is 0 Å². The number of aryl methyl sites for hydroxylation is 1. The minimum Gasteiger partial charge on any atom is -0.0683 e. The van der Waals surface area contributed by atoms with E-state index in [0.717, 1.165) is 11.8 Å². The van der Waals surface area contributed by atoms with E-state index in [1.165, 1.54) is 19.3 Å². The molecule has 0 aromatic heterocycles. The smallest absolute Gasteiger partial charge is 0.0245 e. The highest BCUT2D eigenvalue weighted by Gasteiger charge is 2.20. The van der Waals surface area contributed by atoms with Crippen molar-refractivity contribution in [1.29, 1.82) is 0 Å². The second-order valence-electron chi connectivity index (χ2n) is 4.52. The van der Waals surface area contributed by atoms with Crippen LogP contribution < -0.4 is 0 Å². The average Bonchev–Trinajstić information content (AvgIpc) is 2.31. The lowest BCUT2D eigenvalue weighted by molar-refractivity contribution is 0.343. The number of hydrogen-bond acceptors (Lipinski definition) is 0. The van der Waals surface area contributed by atoms with Gasteiger partial charge >= 0.3 is 0 Å². The fourth-order valence-corrected chi connectivity index (χ4v) is 2.29. The van der Waals surface area contributed by atoms with Crippen molar-refractivity contribution in [1.82, 2.24) is 0 Å². The van der Waals surface area contributed by atoms with Gasteiger partial charge in [-0.3, -0.25) is 0 Å². The molecule has 0 heterocycles. The maximum atomic E-state index is 2.35. The Kier molecular flexibility index (Phi) is 4.87. The summed E-state index contributed by atoms with van der Waals surface area (Å²) < 4.78 is 0. The van der Waals surface area contributed by atoms with Crippen LogP contribution in [0.4, 0.5) is 0 Å². The van der Waals surface area contributed by atoms with Gasteiger partial charge in [-0.2, -0.15) is 0 Å². The number of fused-ring (bicyclic) bond motifs is 1. The van der Waals surface area contributed by atoms with Crippen LogP contribution in [0.15, 0.2) is 24.3 Å². The molecule has 0 heteroatoms. The number of benzene rings is 1. The molecule has 0 fully saturated rings. The van der Waals surface area contributed by atoms with Crippen molar-refractivity contribution in [3.8, 4) is 0 Å². The molecule has 0 radical (unpaired) electrons. The maximum absolute atomic E-state index is 2.35. The van der Waals surface area contributed by atoms with Crippen LogP contribution in [0.25, 0.3) is 0 Å². The Morgan fingerprint density at radius 1 is 1.07 bits per heavy atom. The van der Waals surface area contributed by atoms with Gasteiger partial charge in [0.15, 0.2) is 0 Å². The highest BCUT2D eigenvalue weighted by Crippen LogP contribution is 2.29. The normalized spacial score (nSPS) is 19.1. The first-order valence-electron chi connectivity index (χ1n) is 6.34. The third-order valence-electron chi connectivity index (χ3n) is 3.33. The van der Waals surface area contributed by atoms with Crippen LogP contribution in [0.1, 0.15) is 45.2 Å². The van der Waals surface area contributed by atoms with E-state index in [-0.39, 0.29) is 0 Å². The van der Waals surface area contributed by atoms with Crippen LogP contribution in [-0.4, -0.2) is 0 Å². The zero-order valence-corrected chi connectivity index (χ0v) is 10.6. The first kappa shape index (κ1) is 12.3. The molecule has 15 heavy (non-hydrogen) atoms. The minimum atomic E-state index is 0.841. The largest absolute Gasteiger partial charge is 0.0683 e. The SMILES string of the molecule is CC.CC(C)C1CCc2ccccc2C1. The van der Waals surface area contributed by atoms with E-state index in [9.17, 15) is 0 Å². The molecule has 2 rings (SSSR count). The Hall–Kier alpha value is -0.780. The van der Waals surface area contributed by atoms with Crippen molar-refractivity contribution in [2.75, 3.05) is 0 Å². The molecule has 0 saturated carbocycles. The molecule has 0 amide bonds. The summed E-state index contributed by atoms with van der Waals surface area (Å²) in [6.45, 7) is 8.69. The van der Waals surface area contributed by atoms with Crippen molar-refractivity contribution >= 4 is 0 Å². The van der Waals surface area contributed by atoms with E-state index in [1.807, 2.05) is 13.8 Å².